The van der Waals surface area contributed by atoms with Gasteiger partial charge in [-0.05, 0) is 25.8 Å². The van der Waals surface area contributed by atoms with E-state index >= 15 is 0 Å². The third-order valence-electron chi connectivity index (χ3n) is 2.54. The summed E-state index contributed by atoms with van der Waals surface area (Å²) in [6.45, 7) is 3.25. The summed E-state index contributed by atoms with van der Waals surface area (Å²) < 4.78 is 38.1. The lowest BCUT2D eigenvalue weighted by Gasteiger charge is -2.20. The van der Waals surface area contributed by atoms with Gasteiger partial charge in [0.1, 0.15) is 11.5 Å². The van der Waals surface area contributed by atoms with Gasteiger partial charge in [-0.2, -0.15) is 13.2 Å². The van der Waals surface area contributed by atoms with Crippen molar-refractivity contribution in [3.63, 3.8) is 0 Å². The Balaban J connectivity index is 3.13. The van der Waals surface area contributed by atoms with E-state index in [-0.39, 0.29) is 24.3 Å². The third-order valence-corrected chi connectivity index (χ3v) is 2.54. The molecule has 0 atom stereocenters. The zero-order valence-corrected chi connectivity index (χ0v) is 9.32. The van der Waals surface area contributed by atoms with Gasteiger partial charge in [0, 0.05) is 19.4 Å². The molecule has 0 aliphatic heterocycles. The van der Waals surface area contributed by atoms with Crippen molar-refractivity contribution in [3.05, 3.63) is 11.1 Å². The van der Waals surface area contributed by atoms with Crippen molar-refractivity contribution in [1.82, 2.24) is 0 Å². The summed E-state index contributed by atoms with van der Waals surface area (Å²) in [5, 5.41) is 0. The molecule has 0 aromatic heterocycles. The average Bonchev–Trinajstić information content (AvgIpc) is 2.17. The van der Waals surface area contributed by atoms with Gasteiger partial charge in [0.25, 0.3) is 0 Å². The lowest BCUT2D eigenvalue weighted by Crippen LogP contribution is -2.29. The Morgan fingerprint density at radius 1 is 1.38 bits per heavy atom. The van der Waals surface area contributed by atoms with Crippen molar-refractivity contribution in [2.75, 3.05) is 6.54 Å². The number of carbonyl (C=O) groups is 1. The molecule has 0 aromatic carbocycles. The van der Waals surface area contributed by atoms with Crippen LogP contribution in [-0.4, -0.2) is 24.2 Å². The van der Waals surface area contributed by atoms with Crippen LogP contribution in [0.15, 0.2) is 16.1 Å². The Kier molecular flexibility index (Phi) is 3.88. The van der Waals surface area contributed by atoms with E-state index in [4.69, 9.17) is 0 Å². The number of aliphatic imine (C=N–C) groups is 1. The molecule has 0 N–H and O–H groups in total. The molecule has 0 aromatic rings. The molecule has 1 rings (SSSR count). The van der Waals surface area contributed by atoms with Crippen molar-refractivity contribution in [3.8, 4) is 0 Å². The summed E-state index contributed by atoms with van der Waals surface area (Å²) in [5.74, 6) is -0.145. The van der Waals surface area contributed by atoms with Crippen LogP contribution < -0.4 is 0 Å². The fraction of sp³-hybridized carbons (Fsp3) is 0.636. The maximum atomic E-state index is 12.7. The van der Waals surface area contributed by atoms with E-state index in [9.17, 15) is 18.0 Å². The molecule has 16 heavy (non-hydrogen) atoms. The first-order valence-corrected chi connectivity index (χ1v) is 5.18. The first kappa shape index (κ1) is 12.9. The Labute approximate surface area is 92.2 Å². The molecule has 0 bridgehead atoms. The second kappa shape index (κ2) is 4.80. The second-order valence-corrected chi connectivity index (χ2v) is 3.80. The molecule has 0 saturated heterocycles. The molecule has 0 radical (unpaired) electrons. The lowest BCUT2D eigenvalue weighted by molar-refractivity contribution is -0.118. The minimum absolute atomic E-state index is 0.0693. The number of alkyl halides is 3. The van der Waals surface area contributed by atoms with E-state index in [0.717, 1.165) is 0 Å². The highest BCUT2D eigenvalue weighted by atomic mass is 19.4. The Morgan fingerprint density at radius 2 is 2.00 bits per heavy atom. The molecule has 1 aliphatic carbocycles. The maximum absolute atomic E-state index is 12.7. The van der Waals surface area contributed by atoms with Crippen LogP contribution in [0, 0.1) is 0 Å². The largest absolute Gasteiger partial charge is 0.433 e. The molecule has 90 valence electrons. The lowest BCUT2D eigenvalue weighted by atomic mass is 9.88. The number of rotatable bonds is 2. The molecule has 1 aliphatic rings. The number of Topliss-reactive ketones (excluding diaryl/α,β-unsaturated/α-hetero) is 1. The van der Waals surface area contributed by atoms with E-state index in [1.807, 2.05) is 0 Å². The Bertz CT molecular complexity index is 353. The van der Waals surface area contributed by atoms with Gasteiger partial charge in [0.15, 0.2) is 0 Å². The number of hydrogen-bond donors (Lipinski definition) is 0. The zero-order chi connectivity index (χ0) is 12.3. The summed E-state index contributed by atoms with van der Waals surface area (Å²) in [6, 6.07) is 0. The monoisotopic (exact) mass is 233 g/mol. The van der Waals surface area contributed by atoms with Crippen LogP contribution in [0.3, 0.4) is 0 Å². The normalized spacial score (nSPS) is 19.3. The van der Waals surface area contributed by atoms with Crippen LogP contribution in [0.1, 0.15) is 33.1 Å². The van der Waals surface area contributed by atoms with E-state index in [1.165, 1.54) is 0 Å². The predicted octanol–water partition coefficient (Wildman–Crippen LogP) is 3.08. The third kappa shape index (κ3) is 2.93. The fourth-order valence-electron chi connectivity index (χ4n) is 1.71. The maximum Gasteiger partial charge on any atom is 0.433 e. The van der Waals surface area contributed by atoms with Crippen LogP contribution in [-0.2, 0) is 4.79 Å². The highest BCUT2D eigenvalue weighted by Crippen LogP contribution is 2.30. The van der Waals surface area contributed by atoms with Crippen LogP contribution >= 0.6 is 0 Å². The van der Waals surface area contributed by atoms with E-state index < -0.39 is 11.9 Å². The number of halogens is 3. The first-order valence-electron chi connectivity index (χ1n) is 5.18. The summed E-state index contributed by atoms with van der Waals surface area (Å²) in [7, 11) is 0. The van der Waals surface area contributed by atoms with Crippen molar-refractivity contribution in [1.29, 1.82) is 0 Å². The highest BCUT2D eigenvalue weighted by Gasteiger charge is 2.39. The topological polar surface area (TPSA) is 29.4 Å². The molecule has 0 spiro atoms. The predicted molar refractivity (Wildman–Crippen MR) is 55.6 cm³/mol. The van der Waals surface area contributed by atoms with Crippen LogP contribution in [0.25, 0.3) is 0 Å². The van der Waals surface area contributed by atoms with Gasteiger partial charge in [-0.1, -0.05) is 5.57 Å². The van der Waals surface area contributed by atoms with Crippen LogP contribution in [0.2, 0.25) is 0 Å². The number of hydrogen-bond acceptors (Lipinski definition) is 2. The summed E-state index contributed by atoms with van der Waals surface area (Å²) in [6.07, 6.45) is -3.85. The van der Waals surface area contributed by atoms with Gasteiger partial charge >= 0.3 is 6.18 Å². The van der Waals surface area contributed by atoms with E-state index in [2.05, 4.69) is 4.99 Å². The highest BCUT2D eigenvalue weighted by molar-refractivity contribution is 6.08. The van der Waals surface area contributed by atoms with Gasteiger partial charge in [0.2, 0.25) is 0 Å². The molecule has 5 heteroatoms. The fourth-order valence-corrected chi connectivity index (χ4v) is 1.71. The molecular weight excluding hydrogens is 219 g/mol. The number of carbonyl (C=O) groups excluding carboxylic acids is 1. The molecule has 0 heterocycles. The summed E-state index contributed by atoms with van der Waals surface area (Å²) in [4.78, 5) is 14.7. The van der Waals surface area contributed by atoms with Crippen molar-refractivity contribution in [2.45, 2.75) is 39.3 Å². The molecule has 0 saturated carbocycles. The minimum Gasteiger partial charge on any atom is -0.299 e. The minimum atomic E-state index is -4.47. The van der Waals surface area contributed by atoms with Crippen LogP contribution in [0.5, 0.6) is 0 Å². The number of ketones is 1. The summed E-state index contributed by atoms with van der Waals surface area (Å²) >= 11 is 0. The van der Waals surface area contributed by atoms with Crippen molar-refractivity contribution in [2.24, 2.45) is 4.99 Å². The molecule has 2 nitrogen and oxygen atoms in total. The molecule has 0 unspecified atom stereocenters. The number of allylic oxidation sites excluding steroid dienone is 2. The van der Waals surface area contributed by atoms with E-state index in [0.29, 0.717) is 18.4 Å². The van der Waals surface area contributed by atoms with Crippen molar-refractivity contribution < 1.29 is 18.0 Å². The molecule has 0 amide bonds. The van der Waals surface area contributed by atoms with Gasteiger partial charge in [-0.3, -0.25) is 9.79 Å². The van der Waals surface area contributed by atoms with Gasteiger partial charge in [-0.25, -0.2) is 0 Å². The quantitative estimate of drug-likeness (QED) is 0.674. The number of nitrogens with zero attached hydrogens (tertiary/aromatic N) is 1. The molecular formula is C11H14F3NO. The van der Waals surface area contributed by atoms with Gasteiger partial charge in [-0.15, -0.1) is 0 Å². The Hall–Kier alpha value is -1.13. The van der Waals surface area contributed by atoms with E-state index in [1.54, 1.807) is 13.8 Å². The SMILES string of the molecule is CCN=C(C1=C(C)CCC(=O)C1)C(F)(F)F. The second-order valence-electron chi connectivity index (χ2n) is 3.80. The zero-order valence-electron chi connectivity index (χ0n) is 9.32. The van der Waals surface area contributed by atoms with Gasteiger partial charge in [0.05, 0.1) is 0 Å². The van der Waals surface area contributed by atoms with Crippen LogP contribution in [0.4, 0.5) is 13.2 Å². The standard InChI is InChI=1S/C11H14F3NO/c1-3-15-10(11(12,13)14)9-6-8(16)5-4-7(9)2/h3-6H2,1-2H3. The first-order chi connectivity index (χ1) is 7.36. The smallest absolute Gasteiger partial charge is 0.299 e. The van der Waals surface area contributed by atoms with Crippen molar-refractivity contribution >= 4 is 11.5 Å². The van der Waals surface area contributed by atoms with Gasteiger partial charge < -0.3 is 0 Å². The average molecular weight is 233 g/mol. The summed E-state index contributed by atoms with van der Waals surface area (Å²) in [5.41, 5.74) is -0.171. The Morgan fingerprint density at radius 3 is 2.50 bits per heavy atom. The molecule has 0 fully saturated rings.